The number of nitrogens with one attached hydrogen (secondary N) is 1. The van der Waals surface area contributed by atoms with Crippen LogP contribution in [0, 0.1) is 6.92 Å². The van der Waals surface area contributed by atoms with Crippen LogP contribution in [0.5, 0.6) is 0 Å². The van der Waals surface area contributed by atoms with E-state index in [-0.39, 0.29) is 5.91 Å². The summed E-state index contributed by atoms with van der Waals surface area (Å²) in [5.74, 6) is -0.906. The van der Waals surface area contributed by atoms with Gasteiger partial charge < -0.3 is 10.1 Å². The fraction of sp³-hybridized carbons (Fsp3) is 0.250. The van der Waals surface area contributed by atoms with E-state index in [0.29, 0.717) is 5.69 Å². The molecule has 0 aliphatic heterocycles. The van der Waals surface area contributed by atoms with Gasteiger partial charge in [-0.05, 0) is 32.9 Å². The molecule has 4 nitrogen and oxygen atoms in total. The van der Waals surface area contributed by atoms with E-state index in [1.807, 2.05) is 26.0 Å². The van der Waals surface area contributed by atoms with Gasteiger partial charge in [0.05, 0.1) is 0 Å². The van der Waals surface area contributed by atoms with Crippen molar-refractivity contribution in [2.24, 2.45) is 0 Å². The quantitative estimate of drug-likeness (QED) is 0.510. The maximum absolute atomic E-state index is 11.8. The zero-order valence-electron chi connectivity index (χ0n) is 11.9. The van der Waals surface area contributed by atoms with E-state index in [2.05, 4.69) is 5.32 Å². The van der Waals surface area contributed by atoms with Crippen LogP contribution < -0.4 is 5.32 Å². The number of benzene rings is 1. The van der Waals surface area contributed by atoms with Crippen molar-refractivity contribution >= 4 is 17.6 Å². The zero-order chi connectivity index (χ0) is 15.0. The molecule has 0 radical (unpaired) electrons. The van der Waals surface area contributed by atoms with Crippen LogP contribution in [-0.4, -0.2) is 18.0 Å². The van der Waals surface area contributed by atoms with E-state index in [1.165, 1.54) is 13.0 Å². The molecule has 4 heteroatoms. The lowest BCUT2D eigenvalue weighted by molar-refractivity contribution is -0.148. The van der Waals surface area contributed by atoms with Crippen LogP contribution in [0.1, 0.15) is 19.4 Å². The molecule has 0 fully saturated rings. The van der Waals surface area contributed by atoms with Gasteiger partial charge in [0.1, 0.15) is 0 Å². The summed E-state index contributed by atoms with van der Waals surface area (Å²) >= 11 is 0. The number of esters is 1. The smallest absolute Gasteiger partial charge is 0.331 e. The minimum atomic E-state index is -0.848. The number of carbonyl (C=O) groups excluding carboxylic acids is 2. The van der Waals surface area contributed by atoms with E-state index in [4.69, 9.17) is 4.74 Å². The van der Waals surface area contributed by atoms with Gasteiger partial charge in [0.25, 0.3) is 5.91 Å². The summed E-state index contributed by atoms with van der Waals surface area (Å²) in [5, 5.41) is 2.69. The Kier molecular flexibility index (Phi) is 6.23. The Morgan fingerprint density at radius 1 is 1.20 bits per heavy atom. The lowest BCUT2D eigenvalue weighted by Gasteiger charge is -2.12. The van der Waals surface area contributed by atoms with Crippen molar-refractivity contribution in [3.63, 3.8) is 0 Å². The first-order valence-electron chi connectivity index (χ1n) is 6.40. The third-order valence-electron chi connectivity index (χ3n) is 2.52. The molecule has 0 aliphatic carbocycles. The van der Waals surface area contributed by atoms with Gasteiger partial charge in [-0.3, -0.25) is 4.79 Å². The first-order chi connectivity index (χ1) is 9.52. The molecule has 0 aromatic heterocycles. The van der Waals surface area contributed by atoms with Crippen molar-refractivity contribution in [3.05, 3.63) is 54.1 Å². The van der Waals surface area contributed by atoms with E-state index >= 15 is 0 Å². The monoisotopic (exact) mass is 273 g/mol. The lowest BCUT2D eigenvalue weighted by atomic mass is 10.2. The number of ether oxygens (including phenoxy) is 1. The molecule has 0 aliphatic rings. The number of hydrogen-bond acceptors (Lipinski definition) is 3. The second kappa shape index (κ2) is 7.94. The highest BCUT2D eigenvalue weighted by Crippen LogP contribution is 2.09. The molecule has 1 aromatic rings. The first-order valence-corrected chi connectivity index (χ1v) is 6.40. The summed E-state index contributed by atoms with van der Waals surface area (Å²) in [5.41, 5.74) is 1.78. The number of allylic oxidation sites excluding steroid dienone is 3. The topological polar surface area (TPSA) is 55.4 Å². The van der Waals surface area contributed by atoms with Crippen LogP contribution in [-0.2, 0) is 14.3 Å². The molecule has 1 amide bonds. The minimum absolute atomic E-state index is 0.360. The number of hydrogen-bond donors (Lipinski definition) is 1. The number of amides is 1. The Balaban J connectivity index is 2.50. The molecule has 0 spiro atoms. The molecule has 0 saturated carbocycles. The van der Waals surface area contributed by atoms with Gasteiger partial charge in [-0.1, -0.05) is 35.9 Å². The van der Waals surface area contributed by atoms with Gasteiger partial charge >= 0.3 is 5.97 Å². The molecule has 1 atom stereocenters. The zero-order valence-corrected chi connectivity index (χ0v) is 11.9. The second-order valence-electron chi connectivity index (χ2n) is 4.32. The fourth-order valence-electron chi connectivity index (χ4n) is 1.39. The third-order valence-corrected chi connectivity index (χ3v) is 2.52. The summed E-state index contributed by atoms with van der Waals surface area (Å²) in [6.07, 6.45) is 5.48. The van der Waals surface area contributed by atoms with Crippen molar-refractivity contribution in [1.29, 1.82) is 0 Å². The normalized spacial score (nSPS) is 12.6. The highest BCUT2D eigenvalue weighted by Gasteiger charge is 2.16. The number of anilines is 1. The maximum Gasteiger partial charge on any atom is 0.331 e. The van der Waals surface area contributed by atoms with Crippen molar-refractivity contribution in [1.82, 2.24) is 0 Å². The van der Waals surface area contributed by atoms with Gasteiger partial charge in [0.15, 0.2) is 6.10 Å². The Morgan fingerprint density at radius 3 is 2.45 bits per heavy atom. The maximum atomic E-state index is 11.8. The average Bonchev–Trinajstić information content (AvgIpc) is 2.41. The van der Waals surface area contributed by atoms with Gasteiger partial charge in [0.2, 0.25) is 0 Å². The Bertz CT molecular complexity index is 515. The van der Waals surface area contributed by atoms with Crippen molar-refractivity contribution in [2.45, 2.75) is 26.9 Å². The molecule has 1 unspecified atom stereocenters. The standard InChI is InChI=1S/C16H19NO3/c1-4-5-6-7-15(18)20-13(3)16(19)17-14-10-8-12(2)9-11-14/h4-11,13H,1-3H3,(H,17,19)/b5-4+,7-6+. The van der Waals surface area contributed by atoms with Crippen LogP contribution >= 0.6 is 0 Å². The van der Waals surface area contributed by atoms with Gasteiger partial charge in [-0.25, -0.2) is 4.79 Å². The summed E-state index contributed by atoms with van der Waals surface area (Å²) in [6, 6.07) is 7.39. The van der Waals surface area contributed by atoms with E-state index < -0.39 is 12.1 Å². The number of rotatable bonds is 5. The van der Waals surface area contributed by atoms with Crippen LogP contribution in [0.2, 0.25) is 0 Å². The van der Waals surface area contributed by atoms with Crippen LogP contribution in [0.4, 0.5) is 5.69 Å². The molecule has 20 heavy (non-hydrogen) atoms. The van der Waals surface area contributed by atoms with Crippen molar-refractivity contribution in [3.8, 4) is 0 Å². The summed E-state index contributed by atoms with van der Waals surface area (Å²) in [4.78, 5) is 23.2. The molecule has 1 aromatic carbocycles. The van der Waals surface area contributed by atoms with Gasteiger partial charge in [-0.15, -0.1) is 0 Å². The molecule has 0 bridgehead atoms. The Morgan fingerprint density at radius 2 is 1.85 bits per heavy atom. The molecule has 1 rings (SSSR count). The van der Waals surface area contributed by atoms with Crippen molar-refractivity contribution in [2.75, 3.05) is 5.32 Å². The summed E-state index contributed by atoms with van der Waals surface area (Å²) in [7, 11) is 0. The largest absolute Gasteiger partial charge is 0.449 e. The molecule has 0 saturated heterocycles. The van der Waals surface area contributed by atoms with Gasteiger partial charge in [0, 0.05) is 11.8 Å². The number of carbonyl (C=O) groups is 2. The fourth-order valence-corrected chi connectivity index (χ4v) is 1.39. The summed E-state index contributed by atoms with van der Waals surface area (Å²) < 4.78 is 4.98. The van der Waals surface area contributed by atoms with Crippen molar-refractivity contribution < 1.29 is 14.3 Å². The Hall–Kier alpha value is -2.36. The third kappa shape index (κ3) is 5.52. The molecular formula is C16H19NO3. The number of aryl methyl sites for hydroxylation is 1. The predicted molar refractivity (Wildman–Crippen MR) is 79.3 cm³/mol. The molecule has 1 N–H and O–H groups in total. The van der Waals surface area contributed by atoms with E-state index in [9.17, 15) is 9.59 Å². The molecule has 106 valence electrons. The van der Waals surface area contributed by atoms with Crippen LogP contribution in [0.15, 0.2) is 48.6 Å². The predicted octanol–water partition coefficient (Wildman–Crippen LogP) is 3.00. The van der Waals surface area contributed by atoms with Crippen LogP contribution in [0.25, 0.3) is 0 Å². The SMILES string of the molecule is C/C=C/C=C/C(=O)OC(C)C(=O)Nc1ccc(C)cc1. The average molecular weight is 273 g/mol. The lowest BCUT2D eigenvalue weighted by Crippen LogP contribution is -2.29. The van der Waals surface area contributed by atoms with Gasteiger partial charge in [-0.2, -0.15) is 0 Å². The Labute approximate surface area is 119 Å². The highest BCUT2D eigenvalue weighted by atomic mass is 16.5. The second-order valence-corrected chi connectivity index (χ2v) is 4.32. The summed E-state index contributed by atoms with van der Waals surface area (Å²) in [6.45, 7) is 5.34. The molecular weight excluding hydrogens is 254 g/mol. The molecule has 0 heterocycles. The van der Waals surface area contributed by atoms with E-state index in [0.717, 1.165) is 5.56 Å². The minimum Gasteiger partial charge on any atom is -0.449 e. The highest BCUT2D eigenvalue weighted by molar-refractivity contribution is 5.95. The first kappa shape index (κ1) is 15.7. The van der Waals surface area contributed by atoms with Crippen LogP contribution in [0.3, 0.4) is 0 Å². The van der Waals surface area contributed by atoms with E-state index in [1.54, 1.807) is 30.4 Å².